The van der Waals surface area contributed by atoms with Gasteiger partial charge in [-0.25, -0.2) is 0 Å². The minimum Gasteiger partial charge on any atom is -0.380 e. The first-order valence-electron chi connectivity index (χ1n) is 10.4. The quantitative estimate of drug-likeness (QED) is 0.636. The lowest BCUT2D eigenvalue weighted by Crippen LogP contribution is -2.47. The van der Waals surface area contributed by atoms with Crippen molar-refractivity contribution in [1.82, 2.24) is 10.1 Å². The molecule has 1 aliphatic rings. The van der Waals surface area contributed by atoms with Crippen molar-refractivity contribution in [2.75, 3.05) is 50.8 Å². The average molecular weight is 376 g/mol. The van der Waals surface area contributed by atoms with Crippen molar-refractivity contribution in [1.29, 1.82) is 0 Å². The smallest absolute Gasteiger partial charge is 0.124 e. The van der Waals surface area contributed by atoms with Crippen LogP contribution in [0.4, 0.5) is 5.69 Å². The molecule has 0 N–H and O–H groups in total. The van der Waals surface area contributed by atoms with E-state index >= 15 is 0 Å². The Balaban J connectivity index is 0.000000855. The van der Waals surface area contributed by atoms with Crippen molar-refractivity contribution >= 4 is 5.69 Å². The maximum absolute atomic E-state index is 5.73. The summed E-state index contributed by atoms with van der Waals surface area (Å²) in [5, 5.41) is 3.90. The molecule has 0 bridgehead atoms. The van der Waals surface area contributed by atoms with Crippen LogP contribution < -0.4 is 4.90 Å². The molecule has 0 unspecified atom stereocenters. The molecule has 0 saturated carbocycles. The van der Waals surface area contributed by atoms with Crippen molar-refractivity contribution in [3.63, 3.8) is 0 Å². The second-order valence-corrected chi connectivity index (χ2v) is 5.87. The molecule has 0 atom stereocenters. The Morgan fingerprint density at radius 3 is 2.26 bits per heavy atom. The number of aromatic nitrogens is 1. The Kier molecular flexibility index (Phi) is 13.1. The topological polar surface area (TPSA) is 41.7 Å². The van der Waals surface area contributed by atoms with Gasteiger partial charge in [0.15, 0.2) is 0 Å². The predicted octanol–water partition coefficient (Wildman–Crippen LogP) is 4.50. The van der Waals surface area contributed by atoms with E-state index in [2.05, 4.69) is 45.3 Å². The molecule has 1 aromatic heterocycles. The Morgan fingerprint density at radius 2 is 1.63 bits per heavy atom. The third kappa shape index (κ3) is 9.07. The number of rotatable bonds is 8. The van der Waals surface area contributed by atoms with Gasteiger partial charge in [0.25, 0.3) is 0 Å². The summed E-state index contributed by atoms with van der Waals surface area (Å²) in [7, 11) is 0. The van der Waals surface area contributed by atoms with Crippen molar-refractivity contribution < 1.29 is 9.26 Å². The van der Waals surface area contributed by atoms with E-state index < -0.39 is 0 Å². The molecule has 1 aromatic carbocycles. The van der Waals surface area contributed by atoms with Crippen LogP contribution in [0.5, 0.6) is 0 Å². The van der Waals surface area contributed by atoms with E-state index in [1.165, 1.54) is 5.69 Å². The molecule has 1 saturated heterocycles. The third-order valence-corrected chi connectivity index (χ3v) is 4.26. The molecule has 2 aromatic rings. The fraction of sp³-hybridized carbons (Fsp3) is 0.591. The number of anilines is 1. The summed E-state index contributed by atoms with van der Waals surface area (Å²) in [6.07, 6.45) is 3.53. The zero-order valence-electron chi connectivity index (χ0n) is 17.6. The first kappa shape index (κ1) is 23.2. The Bertz CT molecular complexity index is 538. The fourth-order valence-corrected chi connectivity index (χ4v) is 2.89. The summed E-state index contributed by atoms with van der Waals surface area (Å²) >= 11 is 0. The summed E-state index contributed by atoms with van der Waals surface area (Å²) < 4.78 is 10.5. The first-order valence-corrected chi connectivity index (χ1v) is 10.4. The second kappa shape index (κ2) is 15.2. The number of hydrogen-bond donors (Lipinski definition) is 0. The Labute approximate surface area is 165 Å². The molecule has 2 heterocycles. The van der Waals surface area contributed by atoms with Gasteiger partial charge >= 0.3 is 0 Å². The van der Waals surface area contributed by atoms with Gasteiger partial charge in [-0.05, 0) is 25.0 Å². The predicted molar refractivity (Wildman–Crippen MR) is 113 cm³/mol. The minimum atomic E-state index is 0.789. The van der Waals surface area contributed by atoms with Gasteiger partial charge in [-0.1, -0.05) is 51.1 Å². The van der Waals surface area contributed by atoms with E-state index in [4.69, 9.17) is 9.26 Å². The molecule has 3 rings (SSSR count). The van der Waals surface area contributed by atoms with Gasteiger partial charge in [-0.15, -0.1) is 0 Å². The standard InChI is InChI=1S/C18H25N3O2.2C2H6/c1-2-6-18(7-3-1)21-11-9-20(10-12-21)13-16-22-14-4-5-17-8-15-23-19-17;2*1-2/h1-3,6-8,15H,4-5,9-14,16H2;2*1-2H3. The van der Waals surface area contributed by atoms with Crippen LogP contribution in [0.2, 0.25) is 0 Å². The molecule has 5 heteroatoms. The number of nitrogens with zero attached hydrogens (tertiary/aromatic N) is 3. The summed E-state index contributed by atoms with van der Waals surface area (Å²) in [5.74, 6) is 0. The van der Waals surface area contributed by atoms with Gasteiger partial charge < -0.3 is 14.2 Å². The molecule has 0 amide bonds. The molecule has 27 heavy (non-hydrogen) atoms. The lowest BCUT2D eigenvalue weighted by Gasteiger charge is -2.36. The van der Waals surface area contributed by atoms with E-state index in [0.29, 0.717) is 0 Å². The highest BCUT2D eigenvalue weighted by Gasteiger charge is 2.16. The Morgan fingerprint density at radius 1 is 0.926 bits per heavy atom. The SMILES string of the molecule is CC.CC.c1ccc(N2CCN(CCOCCCc3ccon3)CC2)cc1. The zero-order valence-corrected chi connectivity index (χ0v) is 17.6. The average Bonchev–Trinajstić information content (AvgIpc) is 3.28. The van der Waals surface area contributed by atoms with E-state index in [1.807, 2.05) is 33.8 Å². The molecule has 0 spiro atoms. The fourth-order valence-electron chi connectivity index (χ4n) is 2.89. The van der Waals surface area contributed by atoms with E-state index in [9.17, 15) is 0 Å². The maximum Gasteiger partial charge on any atom is 0.124 e. The normalized spacial score (nSPS) is 14.0. The molecular formula is C22H37N3O2. The van der Waals surface area contributed by atoms with Crippen molar-refractivity contribution in [2.24, 2.45) is 0 Å². The summed E-state index contributed by atoms with van der Waals surface area (Å²) in [6, 6.07) is 12.6. The van der Waals surface area contributed by atoms with Gasteiger partial charge in [0.1, 0.15) is 6.26 Å². The molecule has 5 nitrogen and oxygen atoms in total. The summed E-state index contributed by atoms with van der Waals surface area (Å²) in [6.45, 7) is 15.0. The number of ether oxygens (including phenoxy) is 1. The van der Waals surface area contributed by atoms with Gasteiger partial charge in [-0.2, -0.15) is 0 Å². The number of para-hydroxylation sites is 1. The van der Waals surface area contributed by atoms with Gasteiger partial charge in [0, 0.05) is 51.1 Å². The van der Waals surface area contributed by atoms with Gasteiger partial charge in [-0.3, -0.25) is 4.90 Å². The van der Waals surface area contributed by atoms with Gasteiger partial charge in [0.05, 0.1) is 12.3 Å². The highest BCUT2D eigenvalue weighted by molar-refractivity contribution is 5.46. The van der Waals surface area contributed by atoms with E-state index in [-0.39, 0.29) is 0 Å². The van der Waals surface area contributed by atoms with Crippen LogP contribution in [0, 0.1) is 0 Å². The van der Waals surface area contributed by atoms with Crippen LogP contribution >= 0.6 is 0 Å². The number of hydrogen-bond acceptors (Lipinski definition) is 5. The number of piperazine rings is 1. The van der Waals surface area contributed by atoms with Crippen molar-refractivity contribution in [3.05, 3.63) is 48.4 Å². The van der Waals surface area contributed by atoms with Crippen LogP contribution in [0.3, 0.4) is 0 Å². The number of benzene rings is 1. The minimum absolute atomic E-state index is 0.789. The van der Waals surface area contributed by atoms with Crippen LogP contribution in [0.25, 0.3) is 0 Å². The molecule has 0 aliphatic carbocycles. The molecule has 1 aliphatic heterocycles. The molecule has 0 radical (unpaired) electrons. The third-order valence-electron chi connectivity index (χ3n) is 4.26. The number of aryl methyl sites for hydroxylation is 1. The lowest BCUT2D eigenvalue weighted by atomic mass is 10.2. The first-order chi connectivity index (χ1) is 13.4. The molecular weight excluding hydrogens is 338 g/mol. The van der Waals surface area contributed by atoms with Crippen LogP contribution in [-0.2, 0) is 11.2 Å². The summed E-state index contributed by atoms with van der Waals surface area (Å²) in [4.78, 5) is 4.94. The van der Waals surface area contributed by atoms with E-state index in [0.717, 1.165) is 64.5 Å². The van der Waals surface area contributed by atoms with Crippen molar-refractivity contribution in [2.45, 2.75) is 40.5 Å². The maximum atomic E-state index is 5.73. The largest absolute Gasteiger partial charge is 0.380 e. The Hall–Kier alpha value is -1.85. The highest BCUT2D eigenvalue weighted by Crippen LogP contribution is 2.15. The van der Waals surface area contributed by atoms with E-state index in [1.54, 1.807) is 6.26 Å². The van der Waals surface area contributed by atoms with Crippen LogP contribution in [-0.4, -0.2) is 56.0 Å². The van der Waals surface area contributed by atoms with Crippen LogP contribution in [0.15, 0.2) is 47.2 Å². The van der Waals surface area contributed by atoms with Crippen molar-refractivity contribution in [3.8, 4) is 0 Å². The second-order valence-electron chi connectivity index (χ2n) is 5.87. The summed E-state index contributed by atoms with van der Waals surface area (Å²) in [5.41, 5.74) is 2.34. The lowest BCUT2D eigenvalue weighted by molar-refractivity contribution is 0.0997. The van der Waals surface area contributed by atoms with Gasteiger partial charge in [0.2, 0.25) is 0 Å². The molecule has 1 fully saturated rings. The monoisotopic (exact) mass is 375 g/mol. The van der Waals surface area contributed by atoms with Crippen LogP contribution in [0.1, 0.15) is 39.8 Å². The molecule has 152 valence electrons. The zero-order chi connectivity index (χ0) is 19.7. The highest BCUT2D eigenvalue weighted by atomic mass is 16.5.